The summed E-state index contributed by atoms with van der Waals surface area (Å²) in [6.07, 6.45) is 1.58. The zero-order valence-electron chi connectivity index (χ0n) is 18.4. The van der Waals surface area contributed by atoms with Crippen LogP contribution in [0.4, 0.5) is 0 Å². The van der Waals surface area contributed by atoms with Gasteiger partial charge in [0.05, 0.1) is 18.6 Å². The maximum atomic E-state index is 12.4. The number of hydrogen-bond acceptors (Lipinski definition) is 6. The number of ether oxygens (including phenoxy) is 1. The SMILES string of the molecule is CCOc1ccccc1/C=N/NC(=O)CSc1nnc(-c2ccc(Br)cc2)n1-c1ccccc1. The van der Waals surface area contributed by atoms with E-state index in [2.05, 4.69) is 36.7 Å². The molecule has 0 aliphatic heterocycles. The minimum atomic E-state index is -0.247. The third kappa shape index (κ3) is 5.92. The van der Waals surface area contributed by atoms with Crippen LogP contribution in [0.3, 0.4) is 0 Å². The lowest BCUT2D eigenvalue weighted by molar-refractivity contribution is -0.118. The molecule has 1 heterocycles. The molecule has 0 spiro atoms. The fraction of sp³-hybridized carbons (Fsp3) is 0.120. The average molecular weight is 536 g/mol. The molecule has 7 nitrogen and oxygen atoms in total. The number of nitrogens with zero attached hydrogens (tertiary/aromatic N) is 4. The van der Waals surface area contributed by atoms with Crippen LogP contribution < -0.4 is 10.2 Å². The molecule has 34 heavy (non-hydrogen) atoms. The number of carbonyl (C=O) groups excluding carboxylic acids is 1. The van der Waals surface area contributed by atoms with Gasteiger partial charge in [0, 0.05) is 21.3 Å². The molecule has 172 valence electrons. The van der Waals surface area contributed by atoms with Gasteiger partial charge in [-0.2, -0.15) is 5.10 Å². The maximum absolute atomic E-state index is 12.4. The molecule has 0 saturated heterocycles. The number of nitrogens with one attached hydrogen (secondary N) is 1. The van der Waals surface area contributed by atoms with Crippen molar-refractivity contribution < 1.29 is 9.53 Å². The first kappa shape index (κ1) is 23.7. The number of thioether (sulfide) groups is 1. The highest BCUT2D eigenvalue weighted by Gasteiger charge is 2.17. The van der Waals surface area contributed by atoms with Crippen molar-refractivity contribution in [3.63, 3.8) is 0 Å². The molecule has 3 aromatic carbocycles. The predicted octanol–water partition coefficient (Wildman–Crippen LogP) is 5.34. The molecule has 0 aliphatic rings. The van der Waals surface area contributed by atoms with Crippen molar-refractivity contribution in [2.75, 3.05) is 12.4 Å². The van der Waals surface area contributed by atoms with Gasteiger partial charge in [-0.05, 0) is 43.3 Å². The molecule has 1 aromatic heterocycles. The van der Waals surface area contributed by atoms with Gasteiger partial charge in [-0.25, -0.2) is 5.43 Å². The number of para-hydroxylation sites is 2. The lowest BCUT2D eigenvalue weighted by Crippen LogP contribution is -2.20. The van der Waals surface area contributed by atoms with Gasteiger partial charge in [0.25, 0.3) is 5.91 Å². The minimum Gasteiger partial charge on any atom is -0.493 e. The van der Waals surface area contributed by atoms with E-state index in [1.165, 1.54) is 11.8 Å². The molecule has 0 aliphatic carbocycles. The van der Waals surface area contributed by atoms with Crippen molar-refractivity contribution in [3.05, 3.63) is 88.9 Å². The Morgan fingerprint density at radius 3 is 2.56 bits per heavy atom. The van der Waals surface area contributed by atoms with E-state index in [9.17, 15) is 4.79 Å². The Hall–Kier alpha value is -3.43. The van der Waals surface area contributed by atoms with Crippen LogP contribution >= 0.6 is 27.7 Å². The third-order valence-corrected chi connectivity index (χ3v) is 6.15. The van der Waals surface area contributed by atoms with Crippen molar-refractivity contribution in [3.8, 4) is 22.8 Å². The van der Waals surface area contributed by atoms with Crippen molar-refractivity contribution in [2.45, 2.75) is 12.1 Å². The molecule has 4 rings (SSSR count). The first-order chi connectivity index (χ1) is 16.7. The first-order valence-electron chi connectivity index (χ1n) is 10.6. The highest BCUT2D eigenvalue weighted by atomic mass is 79.9. The number of carbonyl (C=O) groups is 1. The Kier molecular flexibility index (Phi) is 8.11. The van der Waals surface area contributed by atoms with Crippen LogP contribution in [0.2, 0.25) is 0 Å². The average Bonchev–Trinajstić information content (AvgIpc) is 3.29. The molecule has 0 radical (unpaired) electrons. The maximum Gasteiger partial charge on any atom is 0.250 e. The monoisotopic (exact) mass is 535 g/mol. The number of benzene rings is 3. The summed E-state index contributed by atoms with van der Waals surface area (Å²) in [6.45, 7) is 2.47. The van der Waals surface area contributed by atoms with Gasteiger partial charge in [0.2, 0.25) is 0 Å². The van der Waals surface area contributed by atoms with Gasteiger partial charge in [-0.15, -0.1) is 10.2 Å². The molecular weight excluding hydrogens is 514 g/mol. The first-order valence-corrected chi connectivity index (χ1v) is 12.4. The topological polar surface area (TPSA) is 81.4 Å². The Morgan fingerprint density at radius 2 is 1.79 bits per heavy atom. The van der Waals surface area contributed by atoms with E-state index >= 15 is 0 Å². The second kappa shape index (κ2) is 11.6. The quantitative estimate of drug-likeness (QED) is 0.178. The molecule has 9 heteroatoms. The van der Waals surface area contributed by atoms with Gasteiger partial charge in [-0.1, -0.05) is 70.2 Å². The minimum absolute atomic E-state index is 0.135. The molecule has 0 fully saturated rings. The predicted molar refractivity (Wildman–Crippen MR) is 139 cm³/mol. The number of halogens is 1. The highest BCUT2D eigenvalue weighted by Crippen LogP contribution is 2.28. The summed E-state index contributed by atoms with van der Waals surface area (Å²) in [6, 6.07) is 25.2. The van der Waals surface area contributed by atoms with Crippen molar-refractivity contribution in [1.29, 1.82) is 0 Å². The van der Waals surface area contributed by atoms with E-state index in [0.717, 1.165) is 21.3 Å². The van der Waals surface area contributed by atoms with E-state index in [1.807, 2.05) is 90.4 Å². The Balaban J connectivity index is 1.48. The van der Waals surface area contributed by atoms with Crippen LogP contribution in [0.25, 0.3) is 17.1 Å². The van der Waals surface area contributed by atoms with Gasteiger partial charge >= 0.3 is 0 Å². The van der Waals surface area contributed by atoms with E-state index in [-0.39, 0.29) is 11.7 Å². The van der Waals surface area contributed by atoms with Crippen LogP contribution in [-0.2, 0) is 4.79 Å². The number of amides is 1. The second-order valence-electron chi connectivity index (χ2n) is 7.04. The third-order valence-electron chi connectivity index (χ3n) is 4.69. The van der Waals surface area contributed by atoms with Crippen molar-refractivity contribution in [2.24, 2.45) is 5.10 Å². The van der Waals surface area contributed by atoms with Crippen LogP contribution in [0, 0.1) is 0 Å². The summed E-state index contributed by atoms with van der Waals surface area (Å²) in [5, 5.41) is 13.4. The van der Waals surface area contributed by atoms with Crippen LogP contribution in [0.1, 0.15) is 12.5 Å². The largest absolute Gasteiger partial charge is 0.493 e. The van der Waals surface area contributed by atoms with E-state index in [1.54, 1.807) is 6.21 Å². The van der Waals surface area contributed by atoms with E-state index < -0.39 is 0 Å². The molecule has 1 amide bonds. The Bertz CT molecular complexity index is 1280. The molecule has 4 aromatic rings. The van der Waals surface area contributed by atoms with Crippen molar-refractivity contribution in [1.82, 2.24) is 20.2 Å². The summed E-state index contributed by atoms with van der Waals surface area (Å²) in [4.78, 5) is 12.4. The Morgan fingerprint density at radius 1 is 1.06 bits per heavy atom. The lowest BCUT2D eigenvalue weighted by Gasteiger charge is -2.10. The van der Waals surface area contributed by atoms with Crippen LogP contribution in [-0.4, -0.2) is 39.2 Å². The van der Waals surface area contributed by atoms with Crippen LogP contribution in [0.15, 0.2) is 93.6 Å². The van der Waals surface area contributed by atoms with Gasteiger partial charge in [-0.3, -0.25) is 9.36 Å². The van der Waals surface area contributed by atoms with Gasteiger partial charge in [0.1, 0.15) is 5.75 Å². The summed E-state index contributed by atoms with van der Waals surface area (Å²) < 4.78 is 8.50. The van der Waals surface area contributed by atoms with Crippen LogP contribution in [0.5, 0.6) is 5.75 Å². The standard InChI is InChI=1S/C25H22BrN5O2S/c1-2-33-22-11-7-6-8-19(22)16-27-28-23(32)17-34-25-30-29-24(18-12-14-20(26)15-13-18)31(25)21-9-4-3-5-10-21/h3-16H,2,17H2,1H3,(H,28,32)/b27-16+. The number of rotatable bonds is 9. The lowest BCUT2D eigenvalue weighted by atomic mass is 10.2. The summed E-state index contributed by atoms with van der Waals surface area (Å²) in [5.74, 6) is 1.30. The summed E-state index contributed by atoms with van der Waals surface area (Å²) in [7, 11) is 0. The van der Waals surface area contributed by atoms with Crippen molar-refractivity contribution >= 4 is 39.8 Å². The smallest absolute Gasteiger partial charge is 0.250 e. The zero-order valence-corrected chi connectivity index (χ0v) is 20.8. The van der Waals surface area contributed by atoms with Gasteiger partial charge in [0.15, 0.2) is 11.0 Å². The number of aromatic nitrogens is 3. The molecule has 0 unspecified atom stereocenters. The second-order valence-corrected chi connectivity index (χ2v) is 8.89. The number of hydrogen-bond donors (Lipinski definition) is 1. The van der Waals surface area contributed by atoms with Gasteiger partial charge < -0.3 is 4.74 Å². The Labute approximate surface area is 210 Å². The fourth-order valence-electron chi connectivity index (χ4n) is 3.17. The summed E-state index contributed by atoms with van der Waals surface area (Å²) in [5.41, 5.74) is 5.20. The normalized spacial score (nSPS) is 11.0. The van der Waals surface area contributed by atoms with E-state index in [0.29, 0.717) is 23.3 Å². The van der Waals surface area contributed by atoms with E-state index in [4.69, 9.17) is 4.74 Å². The molecule has 0 atom stereocenters. The molecule has 1 N–H and O–H groups in total. The fourth-order valence-corrected chi connectivity index (χ4v) is 4.18. The number of hydrazone groups is 1. The molecular formula is C25H22BrN5O2S. The zero-order chi connectivity index (χ0) is 23.8. The molecule has 0 saturated carbocycles. The summed E-state index contributed by atoms with van der Waals surface area (Å²) >= 11 is 4.76. The molecule has 0 bridgehead atoms. The highest BCUT2D eigenvalue weighted by molar-refractivity contribution is 9.10.